The normalized spacial score (nSPS) is 11.4. The number of nitrogens with one attached hydrogen (secondary N) is 1. The highest BCUT2D eigenvalue weighted by molar-refractivity contribution is 6.22. The first-order chi connectivity index (χ1) is 6.59. The molecule has 5 heteroatoms. The highest BCUT2D eigenvalue weighted by Crippen LogP contribution is 2.16. The maximum absolute atomic E-state index is 5.81. The molecule has 78 valence electrons. The zero-order valence-corrected chi connectivity index (χ0v) is 9.73. The Balaban J connectivity index is 2.77. The van der Waals surface area contributed by atoms with E-state index in [0.717, 1.165) is 11.5 Å². The van der Waals surface area contributed by atoms with Gasteiger partial charge < -0.3 is 5.32 Å². The van der Waals surface area contributed by atoms with Gasteiger partial charge in [0.1, 0.15) is 12.1 Å². The minimum atomic E-state index is -0.329. The van der Waals surface area contributed by atoms with E-state index in [4.69, 9.17) is 23.2 Å². The first-order valence-electron chi connectivity index (χ1n) is 4.28. The quantitative estimate of drug-likeness (QED) is 0.813. The van der Waals surface area contributed by atoms with Gasteiger partial charge in [-0.05, 0) is 13.8 Å². The largest absolute Gasteiger partial charge is 0.362 e. The number of anilines is 1. The van der Waals surface area contributed by atoms with Crippen LogP contribution in [0.2, 0.25) is 0 Å². The topological polar surface area (TPSA) is 37.8 Å². The summed E-state index contributed by atoms with van der Waals surface area (Å²) in [6.07, 6.45) is 1.51. The van der Waals surface area contributed by atoms with Crippen molar-refractivity contribution in [2.45, 2.75) is 19.4 Å². The van der Waals surface area contributed by atoms with Crippen molar-refractivity contribution < 1.29 is 0 Å². The van der Waals surface area contributed by atoms with Crippen molar-refractivity contribution in [3.8, 4) is 0 Å². The van der Waals surface area contributed by atoms with E-state index in [1.807, 2.05) is 19.9 Å². The van der Waals surface area contributed by atoms with Crippen molar-refractivity contribution in [3.05, 3.63) is 18.1 Å². The van der Waals surface area contributed by atoms with E-state index in [1.54, 1.807) is 0 Å². The van der Waals surface area contributed by atoms with Gasteiger partial charge in [-0.3, -0.25) is 0 Å². The van der Waals surface area contributed by atoms with Crippen molar-refractivity contribution in [1.29, 1.82) is 0 Å². The molecule has 0 saturated heterocycles. The highest BCUT2D eigenvalue weighted by atomic mass is 35.5. The van der Waals surface area contributed by atoms with Gasteiger partial charge in [-0.25, -0.2) is 9.97 Å². The fraction of sp³-hybridized carbons (Fsp3) is 0.556. The molecule has 0 radical (unpaired) electrons. The van der Waals surface area contributed by atoms with Gasteiger partial charge in [-0.2, -0.15) is 0 Å². The van der Waals surface area contributed by atoms with Crippen LogP contribution in [-0.4, -0.2) is 27.3 Å². The second-order valence-corrected chi connectivity index (χ2v) is 4.03. The van der Waals surface area contributed by atoms with E-state index < -0.39 is 0 Å². The average molecular weight is 234 g/mol. The molecule has 14 heavy (non-hydrogen) atoms. The lowest BCUT2D eigenvalue weighted by Gasteiger charge is -2.26. The average Bonchev–Trinajstić information content (AvgIpc) is 2.18. The Bertz CT molecular complexity index is 300. The molecule has 0 aromatic carbocycles. The van der Waals surface area contributed by atoms with Gasteiger partial charge in [0.2, 0.25) is 0 Å². The van der Waals surface area contributed by atoms with Gasteiger partial charge >= 0.3 is 0 Å². The summed E-state index contributed by atoms with van der Waals surface area (Å²) in [6.45, 7) is 3.86. The van der Waals surface area contributed by atoms with Gasteiger partial charge in [-0.15, -0.1) is 23.2 Å². The maximum atomic E-state index is 5.81. The smallest absolute Gasteiger partial charge is 0.130 e. The van der Waals surface area contributed by atoms with Crippen LogP contribution in [0.5, 0.6) is 0 Å². The molecule has 0 unspecified atom stereocenters. The Morgan fingerprint density at radius 2 is 2.00 bits per heavy atom. The first-order valence-corrected chi connectivity index (χ1v) is 5.35. The second kappa shape index (κ2) is 4.80. The van der Waals surface area contributed by atoms with Crippen LogP contribution in [0.25, 0.3) is 0 Å². The number of nitrogens with zero attached hydrogens (tertiary/aromatic N) is 2. The van der Waals surface area contributed by atoms with E-state index in [0.29, 0.717) is 11.8 Å². The second-order valence-electron chi connectivity index (χ2n) is 3.50. The Hall–Kier alpha value is -0.540. The van der Waals surface area contributed by atoms with Crippen LogP contribution in [0.1, 0.15) is 12.6 Å². The van der Waals surface area contributed by atoms with Crippen LogP contribution in [0.3, 0.4) is 0 Å². The van der Waals surface area contributed by atoms with Crippen LogP contribution in [-0.2, 0) is 0 Å². The minimum Gasteiger partial charge on any atom is -0.362 e. The zero-order chi connectivity index (χ0) is 10.6. The Kier molecular flexibility index (Phi) is 3.96. The lowest BCUT2D eigenvalue weighted by Crippen LogP contribution is -2.39. The molecule has 0 aliphatic carbocycles. The summed E-state index contributed by atoms with van der Waals surface area (Å²) in [5.74, 6) is 1.61. The first kappa shape index (κ1) is 11.5. The molecule has 0 saturated carbocycles. The third-order valence-corrected chi connectivity index (χ3v) is 3.00. The number of aryl methyl sites for hydroxylation is 1. The van der Waals surface area contributed by atoms with E-state index in [-0.39, 0.29) is 5.54 Å². The Morgan fingerprint density at radius 1 is 1.36 bits per heavy atom. The molecule has 1 aromatic rings. The molecule has 3 nitrogen and oxygen atoms in total. The van der Waals surface area contributed by atoms with Gasteiger partial charge in [0, 0.05) is 23.5 Å². The molecule has 0 spiro atoms. The summed E-state index contributed by atoms with van der Waals surface area (Å²) >= 11 is 11.6. The summed E-state index contributed by atoms with van der Waals surface area (Å²) in [7, 11) is 0. The molecular weight excluding hydrogens is 221 g/mol. The number of aromatic nitrogens is 2. The molecule has 1 aromatic heterocycles. The third-order valence-electron chi connectivity index (χ3n) is 1.82. The summed E-state index contributed by atoms with van der Waals surface area (Å²) in [5.41, 5.74) is 0.582. The van der Waals surface area contributed by atoms with E-state index in [9.17, 15) is 0 Å². The number of alkyl halides is 2. The molecule has 0 atom stereocenters. The van der Waals surface area contributed by atoms with Gasteiger partial charge in [0.15, 0.2) is 0 Å². The van der Waals surface area contributed by atoms with Crippen molar-refractivity contribution in [2.75, 3.05) is 17.1 Å². The lowest BCUT2D eigenvalue weighted by atomic mass is 10.1. The molecule has 0 aliphatic heterocycles. The van der Waals surface area contributed by atoms with Gasteiger partial charge in [0.05, 0.1) is 5.54 Å². The fourth-order valence-corrected chi connectivity index (χ4v) is 1.35. The van der Waals surface area contributed by atoms with Crippen LogP contribution in [0, 0.1) is 6.92 Å². The predicted octanol–water partition coefficient (Wildman–Crippen LogP) is 2.43. The van der Waals surface area contributed by atoms with E-state index >= 15 is 0 Å². The van der Waals surface area contributed by atoms with Crippen molar-refractivity contribution in [2.24, 2.45) is 0 Å². The van der Waals surface area contributed by atoms with E-state index in [2.05, 4.69) is 15.3 Å². The van der Waals surface area contributed by atoms with Crippen molar-refractivity contribution in [1.82, 2.24) is 9.97 Å². The molecule has 0 bridgehead atoms. The Morgan fingerprint density at radius 3 is 2.50 bits per heavy atom. The Labute approximate surface area is 93.9 Å². The van der Waals surface area contributed by atoms with Gasteiger partial charge in [-0.1, -0.05) is 0 Å². The zero-order valence-electron chi connectivity index (χ0n) is 8.22. The SMILES string of the molecule is Cc1cc(NC(C)(CCl)CCl)ncn1. The van der Waals surface area contributed by atoms with Crippen LogP contribution >= 0.6 is 23.2 Å². The molecule has 0 amide bonds. The monoisotopic (exact) mass is 233 g/mol. The van der Waals surface area contributed by atoms with Crippen LogP contribution in [0.4, 0.5) is 5.82 Å². The molecule has 1 heterocycles. The fourth-order valence-electron chi connectivity index (χ4n) is 0.935. The number of hydrogen-bond acceptors (Lipinski definition) is 3. The lowest BCUT2D eigenvalue weighted by molar-refractivity contribution is 0.644. The molecule has 0 fully saturated rings. The number of rotatable bonds is 4. The summed E-state index contributed by atoms with van der Waals surface area (Å²) in [4.78, 5) is 8.09. The summed E-state index contributed by atoms with van der Waals surface area (Å²) in [6, 6.07) is 1.86. The molecule has 1 N–H and O–H groups in total. The van der Waals surface area contributed by atoms with Gasteiger partial charge in [0.25, 0.3) is 0 Å². The van der Waals surface area contributed by atoms with E-state index in [1.165, 1.54) is 6.33 Å². The third kappa shape index (κ3) is 3.00. The van der Waals surface area contributed by atoms with Crippen LogP contribution < -0.4 is 5.32 Å². The van der Waals surface area contributed by atoms with Crippen molar-refractivity contribution in [3.63, 3.8) is 0 Å². The van der Waals surface area contributed by atoms with Crippen molar-refractivity contribution >= 4 is 29.0 Å². The van der Waals surface area contributed by atoms with Crippen LogP contribution in [0.15, 0.2) is 12.4 Å². The summed E-state index contributed by atoms with van der Waals surface area (Å²) in [5, 5.41) is 3.18. The highest BCUT2D eigenvalue weighted by Gasteiger charge is 2.21. The molecular formula is C9H13Cl2N3. The summed E-state index contributed by atoms with van der Waals surface area (Å²) < 4.78 is 0. The predicted molar refractivity (Wildman–Crippen MR) is 60.2 cm³/mol. The molecule has 1 rings (SSSR count). The number of hydrogen-bond donors (Lipinski definition) is 1. The standard InChI is InChI=1S/C9H13Cl2N3/c1-7-3-8(13-6-12-7)14-9(2,4-10)5-11/h3,6H,4-5H2,1-2H3,(H,12,13,14). The maximum Gasteiger partial charge on any atom is 0.130 e. The minimum absolute atomic E-state index is 0.329. The molecule has 0 aliphatic rings. The number of halogens is 2.